The quantitative estimate of drug-likeness (QED) is 0.883. The maximum atomic E-state index is 12.6. The molecule has 0 aliphatic heterocycles. The van der Waals surface area contributed by atoms with E-state index in [0.717, 1.165) is 23.0 Å². The normalized spacial score (nSPS) is 15.6. The molecule has 0 bridgehead atoms. The van der Waals surface area contributed by atoms with Crippen molar-refractivity contribution in [2.45, 2.75) is 38.4 Å². The third-order valence-electron chi connectivity index (χ3n) is 3.42. The van der Waals surface area contributed by atoms with Crippen LogP contribution in [0.3, 0.4) is 0 Å². The minimum absolute atomic E-state index is 0.291. The number of alkyl halides is 2. The van der Waals surface area contributed by atoms with Gasteiger partial charge in [0.15, 0.2) is 0 Å². The van der Waals surface area contributed by atoms with Crippen molar-refractivity contribution in [2.24, 2.45) is 0 Å². The van der Waals surface area contributed by atoms with Crippen molar-refractivity contribution in [3.05, 3.63) is 35.0 Å². The number of rotatable bonds is 5. The molecule has 3 rings (SSSR count). The molecule has 0 atom stereocenters. The first kappa shape index (κ1) is 12.9. The van der Waals surface area contributed by atoms with E-state index in [0.29, 0.717) is 11.1 Å². The molecule has 1 fully saturated rings. The fourth-order valence-corrected chi connectivity index (χ4v) is 2.49. The maximum Gasteiger partial charge on any atom is 0.256 e. The Hall–Kier alpha value is -1.13. The highest BCUT2D eigenvalue weighted by Gasteiger charge is 2.21. The average molecular weight is 285 g/mol. The first-order valence-electron chi connectivity index (χ1n) is 6.42. The molecule has 2 aromatic rings. The Balaban J connectivity index is 1.95. The number of nitrogens with zero attached hydrogens (tertiary/aromatic N) is 1. The van der Waals surface area contributed by atoms with Crippen LogP contribution in [0.4, 0.5) is 8.78 Å². The lowest BCUT2D eigenvalue weighted by Gasteiger charge is -2.03. The Kier molecular flexibility index (Phi) is 3.46. The van der Waals surface area contributed by atoms with Gasteiger partial charge in [0, 0.05) is 29.2 Å². The largest absolute Gasteiger partial charge is 0.341 e. The maximum absolute atomic E-state index is 12.6. The van der Waals surface area contributed by atoms with Crippen LogP contribution in [-0.2, 0) is 13.1 Å². The van der Waals surface area contributed by atoms with E-state index in [9.17, 15) is 8.78 Å². The van der Waals surface area contributed by atoms with Crippen molar-refractivity contribution >= 4 is 22.5 Å². The molecular weight excluding hydrogens is 270 g/mol. The lowest BCUT2D eigenvalue weighted by molar-refractivity contribution is 0.128. The van der Waals surface area contributed by atoms with Crippen molar-refractivity contribution < 1.29 is 8.78 Å². The Morgan fingerprint density at radius 1 is 1.37 bits per heavy atom. The van der Waals surface area contributed by atoms with Gasteiger partial charge in [-0.25, -0.2) is 8.78 Å². The molecule has 1 aromatic carbocycles. The second kappa shape index (κ2) is 5.10. The lowest BCUT2D eigenvalue weighted by Crippen LogP contribution is -2.15. The van der Waals surface area contributed by atoms with Gasteiger partial charge < -0.3 is 9.88 Å². The number of hydrogen-bond acceptors (Lipinski definition) is 1. The SMILES string of the molecule is FC(F)Cn1cc(CNC2CC2)c2ccc(Cl)cc21. The summed E-state index contributed by atoms with van der Waals surface area (Å²) in [6.45, 7) is 0.430. The van der Waals surface area contributed by atoms with Crippen LogP contribution in [0.1, 0.15) is 18.4 Å². The molecule has 102 valence electrons. The van der Waals surface area contributed by atoms with Gasteiger partial charge in [-0.05, 0) is 30.5 Å². The van der Waals surface area contributed by atoms with Crippen LogP contribution in [0.5, 0.6) is 0 Å². The second-order valence-electron chi connectivity index (χ2n) is 5.01. The van der Waals surface area contributed by atoms with E-state index in [4.69, 9.17) is 11.6 Å². The average Bonchev–Trinajstić information content (AvgIpc) is 3.12. The van der Waals surface area contributed by atoms with Crippen molar-refractivity contribution in [3.8, 4) is 0 Å². The van der Waals surface area contributed by atoms with Crippen LogP contribution in [0.25, 0.3) is 10.9 Å². The first-order valence-corrected chi connectivity index (χ1v) is 6.80. The zero-order chi connectivity index (χ0) is 13.4. The van der Waals surface area contributed by atoms with Crippen LogP contribution in [-0.4, -0.2) is 17.0 Å². The molecule has 1 saturated carbocycles. The summed E-state index contributed by atoms with van der Waals surface area (Å²) in [6.07, 6.45) is 1.87. The summed E-state index contributed by atoms with van der Waals surface area (Å²) >= 11 is 5.96. The van der Waals surface area contributed by atoms with Crippen LogP contribution < -0.4 is 5.32 Å². The molecule has 1 aliphatic carbocycles. The van der Waals surface area contributed by atoms with E-state index < -0.39 is 6.43 Å². The zero-order valence-electron chi connectivity index (χ0n) is 10.4. The zero-order valence-corrected chi connectivity index (χ0v) is 11.1. The minimum Gasteiger partial charge on any atom is -0.341 e. The number of halogens is 3. The number of nitrogens with one attached hydrogen (secondary N) is 1. The first-order chi connectivity index (χ1) is 9.13. The van der Waals surface area contributed by atoms with Gasteiger partial charge >= 0.3 is 0 Å². The number of hydrogen-bond donors (Lipinski definition) is 1. The Morgan fingerprint density at radius 3 is 2.84 bits per heavy atom. The summed E-state index contributed by atoms with van der Waals surface area (Å²) < 4.78 is 26.8. The fourth-order valence-electron chi connectivity index (χ4n) is 2.32. The van der Waals surface area contributed by atoms with Gasteiger partial charge in [-0.15, -0.1) is 0 Å². The summed E-state index contributed by atoms with van der Waals surface area (Å²) in [5.41, 5.74) is 1.83. The van der Waals surface area contributed by atoms with E-state index >= 15 is 0 Å². The lowest BCUT2D eigenvalue weighted by atomic mass is 10.2. The summed E-state index contributed by atoms with van der Waals surface area (Å²) in [5, 5.41) is 4.98. The molecule has 0 spiro atoms. The van der Waals surface area contributed by atoms with E-state index in [-0.39, 0.29) is 6.54 Å². The van der Waals surface area contributed by atoms with E-state index in [1.807, 2.05) is 12.3 Å². The Morgan fingerprint density at radius 2 is 2.16 bits per heavy atom. The predicted molar refractivity (Wildman–Crippen MR) is 72.8 cm³/mol. The van der Waals surface area contributed by atoms with Gasteiger partial charge in [-0.2, -0.15) is 0 Å². The van der Waals surface area contributed by atoms with Gasteiger partial charge in [-0.1, -0.05) is 17.7 Å². The molecule has 19 heavy (non-hydrogen) atoms. The Bertz CT molecular complexity index is 590. The molecule has 0 radical (unpaired) electrons. The third-order valence-corrected chi connectivity index (χ3v) is 3.66. The number of benzene rings is 1. The molecule has 2 nitrogen and oxygen atoms in total. The summed E-state index contributed by atoms with van der Waals surface area (Å²) in [5.74, 6) is 0. The van der Waals surface area contributed by atoms with Crippen molar-refractivity contribution in [1.29, 1.82) is 0 Å². The Labute approximate surface area is 115 Å². The molecule has 1 N–H and O–H groups in total. The molecule has 0 saturated heterocycles. The molecule has 0 unspecified atom stereocenters. The minimum atomic E-state index is -2.36. The second-order valence-corrected chi connectivity index (χ2v) is 5.45. The standard InChI is InChI=1S/C14H15ClF2N2/c15-10-1-4-12-9(6-18-11-2-3-11)7-19(8-14(16)17)13(12)5-10/h1,4-5,7,11,14,18H,2-3,6,8H2. The van der Waals surface area contributed by atoms with Crippen molar-refractivity contribution in [1.82, 2.24) is 9.88 Å². The van der Waals surface area contributed by atoms with Gasteiger partial charge in [0.2, 0.25) is 0 Å². The van der Waals surface area contributed by atoms with Crippen LogP contribution in [0.15, 0.2) is 24.4 Å². The van der Waals surface area contributed by atoms with Crippen molar-refractivity contribution in [3.63, 3.8) is 0 Å². The van der Waals surface area contributed by atoms with Crippen LogP contribution in [0.2, 0.25) is 5.02 Å². The summed E-state index contributed by atoms with van der Waals surface area (Å²) in [7, 11) is 0. The highest BCUT2D eigenvalue weighted by Crippen LogP contribution is 2.27. The summed E-state index contributed by atoms with van der Waals surface area (Å²) in [4.78, 5) is 0. The van der Waals surface area contributed by atoms with Crippen LogP contribution in [0, 0.1) is 0 Å². The highest BCUT2D eigenvalue weighted by molar-refractivity contribution is 6.31. The number of aromatic nitrogens is 1. The highest BCUT2D eigenvalue weighted by atomic mass is 35.5. The smallest absolute Gasteiger partial charge is 0.256 e. The van der Waals surface area contributed by atoms with E-state index in [1.54, 1.807) is 16.7 Å². The monoisotopic (exact) mass is 284 g/mol. The number of fused-ring (bicyclic) bond motifs is 1. The van der Waals surface area contributed by atoms with Gasteiger partial charge in [0.1, 0.15) is 0 Å². The summed E-state index contributed by atoms with van der Waals surface area (Å²) in [6, 6.07) is 6.06. The van der Waals surface area contributed by atoms with Crippen molar-refractivity contribution in [2.75, 3.05) is 0 Å². The third kappa shape index (κ3) is 2.90. The topological polar surface area (TPSA) is 17.0 Å². The molecule has 5 heteroatoms. The predicted octanol–water partition coefficient (Wildman–Crippen LogP) is 3.81. The molecule has 1 aliphatic rings. The molecular formula is C14H15ClF2N2. The van der Waals surface area contributed by atoms with Gasteiger partial charge in [-0.3, -0.25) is 0 Å². The van der Waals surface area contributed by atoms with E-state index in [2.05, 4.69) is 5.32 Å². The molecule has 1 heterocycles. The molecule has 0 amide bonds. The van der Waals surface area contributed by atoms with Gasteiger partial charge in [0.05, 0.1) is 12.1 Å². The molecule has 1 aromatic heterocycles. The van der Waals surface area contributed by atoms with Crippen LogP contribution >= 0.6 is 11.6 Å². The van der Waals surface area contributed by atoms with Gasteiger partial charge in [0.25, 0.3) is 6.43 Å². The van der Waals surface area contributed by atoms with E-state index in [1.165, 1.54) is 12.8 Å². The fraction of sp³-hybridized carbons (Fsp3) is 0.429.